The summed E-state index contributed by atoms with van der Waals surface area (Å²) in [6.07, 6.45) is 5.81. The summed E-state index contributed by atoms with van der Waals surface area (Å²) in [5.41, 5.74) is 0.920. The Labute approximate surface area is 160 Å². The van der Waals surface area contributed by atoms with Gasteiger partial charge in [-0.25, -0.2) is 4.39 Å². The Kier molecular flexibility index (Phi) is 6.47. The van der Waals surface area contributed by atoms with Crippen molar-refractivity contribution in [1.29, 1.82) is 0 Å². The number of amides is 2. The number of rotatable bonds is 4. The third-order valence-corrected chi connectivity index (χ3v) is 5.90. The summed E-state index contributed by atoms with van der Waals surface area (Å²) in [5.74, 6) is -0.414. The zero-order valence-electron chi connectivity index (χ0n) is 16.3. The van der Waals surface area contributed by atoms with E-state index in [1.165, 1.54) is 25.3 Å². The van der Waals surface area contributed by atoms with Crippen LogP contribution in [-0.4, -0.2) is 59.9 Å². The minimum atomic E-state index is -0.354. The van der Waals surface area contributed by atoms with Gasteiger partial charge in [0.25, 0.3) is 5.91 Å². The lowest BCUT2D eigenvalue weighted by molar-refractivity contribution is -0.127. The number of carbonyl (C=O) groups excluding carboxylic acids is 2. The third-order valence-electron chi connectivity index (χ3n) is 5.90. The molecule has 27 heavy (non-hydrogen) atoms. The van der Waals surface area contributed by atoms with Crippen LogP contribution in [0.5, 0.6) is 0 Å². The second-order valence-electron chi connectivity index (χ2n) is 7.81. The number of nitrogens with one attached hydrogen (secondary N) is 1. The predicted molar refractivity (Wildman–Crippen MR) is 103 cm³/mol. The average molecular weight is 375 g/mol. The van der Waals surface area contributed by atoms with E-state index < -0.39 is 0 Å². The maximum atomic E-state index is 13.7. The molecule has 0 radical (unpaired) electrons. The van der Waals surface area contributed by atoms with Crippen LogP contribution in [0.2, 0.25) is 0 Å². The predicted octanol–water partition coefficient (Wildman–Crippen LogP) is 2.73. The standard InChI is InChI=1S/C21H30FN3O2/c1-15-8-9-17(14-19(15)22)21(27)25-12-10-24(11-13-25)16(2)20(26)23-18-6-4-3-5-7-18/h8-9,14,16,18H,3-7,10-13H2,1-2H3,(H,23,26). The van der Waals surface area contributed by atoms with Gasteiger partial charge < -0.3 is 10.2 Å². The van der Waals surface area contributed by atoms with Crippen LogP contribution < -0.4 is 5.32 Å². The number of halogens is 1. The molecule has 1 atom stereocenters. The largest absolute Gasteiger partial charge is 0.352 e. The van der Waals surface area contributed by atoms with Crippen LogP contribution in [0.25, 0.3) is 0 Å². The number of carbonyl (C=O) groups is 2. The summed E-state index contributed by atoms with van der Waals surface area (Å²) < 4.78 is 13.7. The molecule has 1 heterocycles. The molecule has 1 aliphatic heterocycles. The van der Waals surface area contributed by atoms with Crippen LogP contribution in [0.1, 0.15) is 54.9 Å². The van der Waals surface area contributed by atoms with Crippen molar-refractivity contribution in [2.45, 2.75) is 58.0 Å². The zero-order valence-corrected chi connectivity index (χ0v) is 16.3. The van der Waals surface area contributed by atoms with Gasteiger partial charge in [-0.15, -0.1) is 0 Å². The zero-order chi connectivity index (χ0) is 19.4. The summed E-state index contributed by atoms with van der Waals surface area (Å²) in [6, 6.07) is 4.74. The average Bonchev–Trinajstić information content (AvgIpc) is 2.70. The van der Waals surface area contributed by atoms with Crippen molar-refractivity contribution in [3.8, 4) is 0 Å². The summed E-state index contributed by atoms with van der Waals surface area (Å²) >= 11 is 0. The normalized spacial score (nSPS) is 20.3. The molecule has 0 bridgehead atoms. The van der Waals surface area contributed by atoms with E-state index in [0.717, 1.165) is 12.8 Å². The highest BCUT2D eigenvalue weighted by Crippen LogP contribution is 2.18. The lowest BCUT2D eigenvalue weighted by atomic mass is 9.95. The number of hydrogen-bond donors (Lipinski definition) is 1. The first kappa shape index (κ1) is 19.8. The number of piperazine rings is 1. The molecule has 1 aliphatic carbocycles. The Hall–Kier alpha value is -1.95. The van der Waals surface area contributed by atoms with Crippen molar-refractivity contribution in [3.63, 3.8) is 0 Å². The van der Waals surface area contributed by atoms with Crippen LogP contribution in [-0.2, 0) is 4.79 Å². The summed E-state index contributed by atoms with van der Waals surface area (Å²) in [4.78, 5) is 29.0. The SMILES string of the molecule is Cc1ccc(C(=O)N2CCN(C(C)C(=O)NC3CCCCC3)CC2)cc1F. The molecule has 2 aliphatic rings. The van der Waals surface area contributed by atoms with Crippen LogP contribution in [0.15, 0.2) is 18.2 Å². The van der Waals surface area contributed by atoms with E-state index in [1.54, 1.807) is 24.0 Å². The van der Waals surface area contributed by atoms with Gasteiger partial charge in [0.15, 0.2) is 0 Å². The van der Waals surface area contributed by atoms with Crippen molar-refractivity contribution in [2.75, 3.05) is 26.2 Å². The number of hydrogen-bond acceptors (Lipinski definition) is 3. The first-order valence-electron chi connectivity index (χ1n) is 10.1. The Morgan fingerprint density at radius 3 is 2.41 bits per heavy atom. The van der Waals surface area contributed by atoms with E-state index in [2.05, 4.69) is 10.2 Å². The topological polar surface area (TPSA) is 52.7 Å². The smallest absolute Gasteiger partial charge is 0.254 e. The molecule has 0 aromatic heterocycles. The lowest BCUT2D eigenvalue weighted by Crippen LogP contribution is -2.56. The minimum absolute atomic E-state index is 0.0854. The Morgan fingerprint density at radius 2 is 1.78 bits per heavy atom. The monoisotopic (exact) mass is 375 g/mol. The molecule has 3 rings (SSSR count). The molecule has 1 aromatic carbocycles. The fourth-order valence-corrected chi connectivity index (χ4v) is 3.96. The summed E-state index contributed by atoms with van der Waals surface area (Å²) in [5, 5.41) is 3.18. The van der Waals surface area contributed by atoms with E-state index in [-0.39, 0.29) is 23.7 Å². The molecule has 5 nitrogen and oxygen atoms in total. The summed E-state index contributed by atoms with van der Waals surface area (Å²) in [7, 11) is 0. The van der Waals surface area contributed by atoms with E-state index >= 15 is 0 Å². The van der Waals surface area contributed by atoms with Gasteiger partial charge in [0.2, 0.25) is 5.91 Å². The number of aryl methyl sites for hydroxylation is 1. The molecule has 2 amide bonds. The third kappa shape index (κ3) is 4.86. The van der Waals surface area contributed by atoms with Crippen molar-refractivity contribution in [3.05, 3.63) is 35.1 Å². The van der Waals surface area contributed by atoms with Gasteiger partial charge in [0, 0.05) is 37.8 Å². The Morgan fingerprint density at radius 1 is 1.11 bits per heavy atom. The highest BCUT2D eigenvalue weighted by Gasteiger charge is 2.29. The van der Waals surface area contributed by atoms with Gasteiger partial charge in [-0.2, -0.15) is 0 Å². The quantitative estimate of drug-likeness (QED) is 0.880. The van der Waals surface area contributed by atoms with Crippen molar-refractivity contribution < 1.29 is 14.0 Å². The molecular weight excluding hydrogens is 345 g/mol. The van der Waals surface area contributed by atoms with E-state index in [4.69, 9.17) is 0 Å². The highest BCUT2D eigenvalue weighted by molar-refractivity contribution is 5.94. The molecule has 1 unspecified atom stereocenters. The highest BCUT2D eigenvalue weighted by atomic mass is 19.1. The van der Waals surface area contributed by atoms with Gasteiger partial charge >= 0.3 is 0 Å². The van der Waals surface area contributed by atoms with Crippen LogP contribution in [0.3, 0.4) is 0 Å². The lowest BCUT2D eigenvalue weighted by Gasteiger charge is -2.38. The van der Waals surface area contributed by atoms with Crippen molar-refractivity contribution in [1.82, 2.24) is 15.1 Å². The maximum absolute atomic E-state index is 13.7. The molecule has 1 N–H and O–H groups in total. The first-order valence-corrected chi connectivity index (χ1v) is 10.1. The number of benzene rings is 1. The fourth-order valence-electron chi connectivity index (χ4n) is 3.96. The van der Waals surface area contributed by atoms with Crippen LogP contribution >= 0.6 is 0 Å². The molecule has 0 spiro atoms. The minimum Gasteiger partial charge on any atom is -0.352 e. The van der Waals surface area contributed by atoms with E-state index in [9.17, 15) is 14.0 Å². The molecular formula is C21H30FN3O2. The molecule has 148 valence electrons. The van der Waals surface area contributed by atoms with Gasteiger partial charge in [-0.3, -0.25) is 14.5 Å². The summed E-state index contributed by atoms with van der Waals surface area (Å²) in [6.45, 7) is 6.02. The van der Waals surface area contributed by atoms with Crippen molar-refractivity contribution >= 4 is 11.8 Å². The molecule has 1 saturated heterocycles. The molecule has 2 fully saturated rings. The second-order valence-corrected chi connectivity index (χ2v) is 7.81. The molecule has 6 heteroatoms. The Bertz CT molecular complexity index is 680. The van der Waals surface area contributed by atoms with Crippen molar-refractivity contribution in [2.24, 2.45) is 0 Å². The number of nitrogens with zero attached hydrogens (tertiary/aromatic N) is 2. The van der Waals surface area contributed by atoms with Gasteiger partial charge in [-0.1, -0.05) is 25.3 Å². The van der Waals surface area contributed by atoms with E-state index in [0.29, 0.717) is 43.3 Å². The van der Waals surface area contributed by atoms with Crippen LogP contribution in [0, 0.1) is 12.7 Å². The van der Waals surface area contributed by atoms with Crippen LogP contribution in [0.4, 0.5) is 4.39 Å². The van der Waals surface area contributed by atoms with E-state index in [1.807, 2.05) is 6.92 Å². The van der Waals surface area contributed by atoms with Gasteiger partial charge in [0.05, 0.1) is 6.04 Å². The maximum Gasteiger partial charge on any atom is 0.254 e. The Balaban J connectivity index is 1.50. The second kappa shape index (κ2) is 8.83. The molecule has 1 saturated carbocycles. The fraction of sp³-hybridized carbons (Fsp3) is 0.619. The first-order chi connectivity index (χ1) is 13.0. The van der Waals surface area contributed by atoms with Gasteiger partial charge in [0.1, 0.15) is 5.82 Å². The molecule has 1 aromatic rings. The van der Waals surface area contributed by atoms with Gasteiger partial charge in [-0.05, 0) is 44.4 Å².